The Labute approximate surface area is 138 Å². The van der Waals surface area contributed by atoms with Crippen LogP contribution in [0.2, 0.25) is 5.02 Å². The highest BCUT2D eigenvalue weighted by molar-refractivity contribution is 6.32. The SMILES string of the molecule is CCOc1cc(Cl)c(C=C2C(=O)OC(C)(C)OC2=O)cc1OC. The van der Waals surface area contributed by atoms with E-state index in [9.17, 15) is 9.59 Å². The van der Waals surface area contributed by atoms with Gasteiger partial charge in [0.15, 0.2) is 11.5 Å². The molecule has 23 heavy (non-hydrogen) atoms. The van der Waals surface area contributed by atoms with E-state index in [1.54, 1.807) is 12.1 Å². The van der Waals surface area contributed by atoms with Crippen LogP contribution in [0.5, 0.6) is 11.5 Å². The van der Waals surface area contributed by atoms with E-state index in [2.05, 4.69) is 0 Å². The lowest BCUT2D eigenvalue weighted by Gasteiger charge is -2.29. The van der Waals surface area contributed by atoms with E-state index in [4.69, 9.17) is 30.5 Å². The van der Waals surface area contributed by atoms with Gasteiger partial charge in [-0.1, -0.05) is 11.6 Å². The first-order valence-electron chi connectivity index (χ1n) is 6.96. The lowest BCUT2D eigenvalue weighted by Crippen LogP contribution is -2.41. The van der Waals surface area contributed by atoms with E-state index < -0.39 is 17.7 Å². The Kier molecular flexibility index (Phi) is 4.85. The van der Waals surface area contributed by atoms with Crippen LogP contribution in [0, 0.1) is 0 Å². The Morgan fingerprint density at radius 3 is 2.30 bits per heavy atom. The van der Waals surface area contributed by atoms with Gasteiger partial charge in [-0.25, -0.2) is 9.59 Å². The van der Waals surface area contributed by atoms with E-state index in [-0.39, 0.29) is 5.57 Å². The van der Waals surface area contributed by atoms with E-state index in [0.717, 1.165) is 0 Å². The Morgan fingerprint density at radius 1 is 1.17 bits per heavy atom. The fourth-order valence-electron chi connectivity index (χ4n) is 2.02. The molecule has 0 N–H and O–H groups in total. The highest BCUT2D eigenvalue weighted by Crippen LogP contribution is 2.35. The molecule has 0 atom stereocenters. The van der Waals surface area contributed by atoms with Crippen molar-refractivity contribution in [2.45, 2.75) is 26.6 Å². The highest BCUT2D eigenvalue weighted by Gasteiger charge is 2.39. The van der Waals surface area contributed by atoms with Crippen molar-refractivity contribution in [3.05, 3.63) is 28.3 Å². The van der Waals surface area contributed by atoms with Gasteiger partial charge in [-0.2, -0.15) is 0 Å². The number of hydrogen-bond acceptors (Lipinski definition) is 6. The van der Waals surface area contributed by atoms with Crippen LogP contribution < -0.4 is 9.47 Å². The summed E-state index contributed by atoms with van der Waals surface area (Å²) in [6.45, 7) is 5.23. The standard InChI is InChI=1S/C16H17ClO6/c1-5-21-13-8-11(17)9(7-12(13)20-4)6-10-14(18)22-16(2,3)23-15(10)19/h6-8H,5H2,1-4H3. The summed E-state index contributed by atoms with van der Waals surface area (Å²) in [6, 6.07) is 3.13. The third-order valence-electron chi connectivity index (χ3n) is 3.00. The van der Waals surface area contributed by atoms with Crippen molar-refractivity contribution in [3.63, 3.8) is 0 Å². The minimum absolute atomic E-state index is 0.238. The van der Waals surface area contributed by atoms with Gasteiger partial charge in [-0.3, -0.25) is 0 Å². The molecule has 0 aromatic heterocycles. The van der Waals surface area contributed by atoms with Crippen LogP contribution in [0.4, 0.5) is 0 Å². The van der Waals surface area contributed by atoms with Gasteiger partial charge in [0.25, 0.3) is 5.79 Å². The quantitative estimate of drug-likeness (QED) is 0.477. The largest absolute Gasteiger partial charge is 0.493 e. The molecule has 0 radical (unpaired) electrons. The summed E-state index contributed by atoms with van der Waals surface area (Å²) in [7, 11) is 1.48. The van der Waals surface area contributed by atoms with Crippen molar-refractivity contribution in [1.82, 2.24) is 0 Å². The average molecular weight is 341 g/mol. The van der Waals surface area contributed by atoms with Gasteiger partial charge in [0, 0.05) is 19.9 Å². The van der Waals surface area contributed by atoms with Crippen molar-refractivity contribution in [1.29, 1.82) is 0 Å². The van der Waals surface area contributed by atoms with Crippen LogP contribution in [0.1, 0.15) is 26.3 Å². The first-order valence-corrected chi connectivity index (χ1v) is 7.34. The van der Waals surface area contributed by atoms with Crippen LogP contribution in [0.25, 0.3) is 6.08 Å². The maximum atomic E-state index is 12.0. The van der Waals surface area contributed by atoms with Gasteiger partial charge in [0.05, 0.1) is 18.7 Å². The summed E-state index contributed by atoms with van der Waals surface area (Å²) < 4.78 is 20.7. The Hall–Kier alpha value is -2.21. The molecule has 0 saturated carbocycles. The second-order valence-electron chi connectivity index (χ2n) is 5.19. The zero-order valence-electron chi connectivity index (χ0n) is 13.3. The van der Waals surface area contributed by atoms with Gasteiger partial charge < -0.3 is 18.9 Å². The van der Waals surface area contributed by atoms with Crippen molar-refractivity contribution >= 4 is 29.6 Å². The van der Waals surface area contributed by atoms with E-state index >= 15 is 0 Å². The molecule has 1 fully saturated rings. The second kappa shape index (κ2) is 6.50. The number of rotatable bonds is 4. The van der Waals surface area contributed by atoms with Crippen molar-refractivity contribution in [3.8, 4) is 11.5 Å². The minimum atomic E-state index is -1.29. The lowest BCUT2D eigenvalue weighted by atomic mass is 10.1. The Bertz CT molecular complexity index is 655. The molecule has 0 unspecified atom stereocenters. The van der Waals surface area contributed by atoms with Gasteiger partial charge in [-0.05, 0) is 24.6 Å². The fourth-order valence-corrected chi connectivity index (χ4v) is 2.23. The summed E-state index contributed by atoms with van der Waals surface area (Å²) >= 11 is 6.18. The molecular weight excluding hydrogens is 324 g/mol. The molecular formula is C16H17ClO6. The predicted molar refractivity (Wildman–Crippen MR) is 83.4 cm³/mol. The number of methoxy groups -OCH3 is 1. The Balaban J connectivity index is 2.42. The van der Waals surface area contributed by atoms with E-state index in [1.165, 1.54) is 27.0 Å². The molecule has 1 aliphatic rings. The highest BCUT2D eigenvalue weighted by atomic mass is 35.5. The van der Waals surface area contributed by atoms with Gasteiger partial charge in [0.2, 0.25) is 0 Å². The summed E-state index contributed by atoms with van der Waals surface area (Å²) in [5.41, 5.74) is 0.174. The molecule has 2 rings (SSSR count). The average Bonchev–Trinajstić information content (AvgIpc) is 2.44. The fraction of sp³-hybridized carbons (Fsp3) is 0.375. The first kappa shape index (κ1) is 17.1. The van der Waals surface area contributed by atoms with Crippen LogP contribution in [0.3, 0.4) is 0 Å². The van der Waals surface area contributed by atoms with Gasteiger partial charge >= 0.3 is 11.9 Å². The van der Waals surface area contributed by atoms with Crippen LogP contribution in [-0.2, 0) is 19.1 Å². The normalized spacial score (nSPS) is 16.5. The monoisotopic (exact) mass is 340 g/mol. The van der Waals surface area contributed by atoms with Crippen molar-refractivity contribution in [2.24, 2.45) is 0 Å². The zero-order chi connectivity index (χ0) is 17.2. The van der Waals surface area contributed by atoms with Crippen molar-refractivity contribution < 1.29 is 28.5 Å². The third-order valence-corrected chi connectivity index (χ3v) is 3.33. The summed E-state index contributed by atoms with van der Waals surface area (Å²) in [5.74, 6) is -1.92. The summed E-state index contributed by atoms with van der Waals surface area (Å²) in [4.78, 5) is 23.9. The molecule has 0 spiro atoms. The molecule has 7 heteroatoms. The topological polar surface area (TPSA) is 71.1 Å². The maximum Gasteiger partial charge on any atom is 0.348 e. The smallest absolute Gasteiger partial charge is 0.348 e. The number of ether oxygens (including phenoxy) is 4. The van der Waals surface area contributed by atoms with Crippen molar-refractivity contribution in [2.75, 3.05) is 13.7 Å². The zero-order valence-corrected chi connectivity index (χ0v) is 14.0. The summed E-state index contributed by atoms with van der Waals surface area (Å²) in [5, 5.41) is 0.298. The maximum absolute atomic E-state index is 12.0. The van der Waals surface area contributed by atoms with E-state index in [1.807, 2.05) is 6.92 Å². The number of carbonyl (C=O) groups is 2. The predicted octanol–water partition coefficient (Wildman–Crippen LogP) is 2.97. The van der Waals surface area contributed by atoms with Crippen LogP contribution in [-0.4, -0.2) is 31.4 Å². The first-order chi connectivity index (χ1) is 10.8. The summed E-state index contributed by atoms with van der Waals surface area (Å²) in [6.07, 6.45) is 1.31. The molecule has 1 aromatic rings. The molecule has 0 bridgehead atoms. The van der Waals surface area contributed by atoms with Crippen LogP contribution >= 0.6 is 11.6 Å². The lowest BCUT2D eigenvalue weighted by molar-refractivity contribution is -0.222. The number of hydrogen-bond donors (Lipinski definition) is 0. The number of cyclic esters (lactones) is 2. The number of halogens is 1. The molecule has 1 saturated heterocycles. The number of benzene rings is 1. The molecule has 0 amide bonds. The molecule has 1 heterocycles. The molecule has 6 nitrogen and oxygen atoms in total. The Morgan fingerprint density at radius 2 is 1.78 bits per heavy atom. The second-order valence-corrected chi connectivity index (χ2v) is 5.60. The van der Waals surface area contributed by atoms with Gasteiger partial charge in [0.1, 0.15) is 5.57 Å². The van der Waals surface area contributed by atoms with E-state index in [0.29, 0.717) is 28.7 Å². The molecule has 124 valence electrons. The number of esters is 2. The molecule has 1 aliphatic heterocycles. The third kappa shape index (κ3) is 3.76. The molecule has 0 aliphatic carbocycles. The number of carbonyl (C=O) groups excluding carboxylic acids is 2. The minimum Gasteiger partial charge on any atom is -0.493 e. The van der Waals surface area contributed by atoms with Crippen LogP contribution in [0.15, 0.2) is 17.7 Å². The molecule has 1 aromatic carbocycles. The van der Waals surface area contributed by atoms with Gasteiger partial charge in [-0.15, -0.1) is 0 Å².